The number of carboxylic acid groups (broad SMARTS) is 2. The van der Waals surface area contributed by atoms with Gasteiger partial charge in [-0.15, -0.1) is 0 Å². The van der Waals surface area contributed by atoms with Crippen molar-refractivity contribution < 1.29 is 19.8 Å². The number of carbonyl (C=O) groups is 2. The normalized spacial score (nSPS) is 10.6. The molecular formula is C11H9NO4. The zero-order valence-corrected chi connectivity index (χ0v) is 8.47. The predicted molar refractivity (Wildman–Crippen MR) is 56.8 cm³/mol. The molecule has 0 aliphatic heterocycles. The lowest BCUT2D eigenvalue weighted by molar-refractivity contribution is 0.0681. The SMILES string of the molecule is Cn1c(C(=O)O)cc2ccc(C(=O)O)cc21. The summed E-state index contributed by atoms with van der Waals surface area (Å²) in [6.45, 7) is 0. The standard InChI is InChI=1S/C11H9NO4/c1-12-8-5-7(10(13)14)3-2-6(8)4-9(12)11(15)16/h2-5H,1H3,(H,13,14)(H,15,16). The smallest absolute Gasteiger partial charge is 0.352 e. The second-order valence-corrected chi connectivity index (χ2v) is 3.47. The van der Waals surface area contributed by atoms with Crippen LogP contribution in [0.4, 0.5) is 0 Å². The fraction of sp³-hybridized carbons (Fsp3) is 0.0909. The average molecular weight is 219 g/mol. The summed E-state index contributed by atoms with van der Waals surface area (Å²) in [6, 6.07) is 6.04. The quantitative estimate of drug-likeness (QED) is 0.803. The van der Waals surface area contributed by atoms with Gasteiger partial charge in [0.1, 0.15) is 5.69 Å². The van der Waals surface area contributed by atoms with Crippen molar-refractivity contribution in [2.45, 2.75) is 0 Å². The maximum Gasteiger partial charge on any atom is 0.352 e. The van der Waals surface area contributed by atoms with E-state index in [4.69, 9.17) is 10.2 Å². The first kappa shape index (κ1) is 10.2. The van der Waals surface area contributed by atoms with Crippen molar-refractivity contribution in [2.24, 2.45) is 7.05 Å². The highest BCUT2D eigenvalue weighted by Crippen LogP contribution is 2.20. The minimum absolute atomic E-state index is 0.137. The number of benzene rings is 1. The third-order valence-electron chi connectivity index (χ3n) is 2.51. The summed E-state index contributed by atoms with van der Waals surface area (Å²) >= 11 is 0. The van der Waals surface area contributed by atoms with Crippen LogP contribution in [0.5, 0.6) is 0 Å². The third-order valence-corrected chi connectivity index (χ3v) is 2.51. The molecule has 0 amide bonds. The number of nitrogens with zero attached hydrogens (tertiary/aromatic N) is 1. The molecule has 1 aromatic heterocycles. The molecule has 0 aliphatic carbocycles. The minimum atomic E-state index is -1.03. The summed E-state index contributed by atoms with van der Waals surface area (Å²) in [5.41, 5.74) is 0.875. The molecule has 0 fully saturated rings. The Morgan fingerprint density at radius 1 is 1.12 bits per heavy atom. The van der Waals surface area contributed by atoms with Gasteiger partial charge in [0.25, 0.3) is 0 Å². The first-order valence-corrected chi connectivity index (χ1v) is 4.57. The number of carboxylic acids is 2. The first-order chi connectivity index (χ1) is 7.50. The minimum Gasteiger partial charge on any atom is -0.478 e. The molecule has 16 heavy (non-hydrogen) atoms. The Morgan fingerprint density at radius 2 is 1.81 bits per heavy atom. The molecule has 0 atom stereocenters. The fourth-order valence-corrected chi connectivity index (χ4v) is 1.67. The van der Waals surface area contributed by atoms with Crippen LogP contribution in [0, 0.1) is 0 Å². The van der Waals surface area contributed by atoms with Crippen molar-refractivity contribution in [1.82, 2.24) is 4.57 Å². The predicted octanol–water partition coefficient (Wildman–Crippen LogP) is 1.57. The van der Waals surface area contributed by atoms with Gasteiger partial charge in [-0.25, -0.2) is 9.59 Å². The lowest BCUT2D eigenvalue weighted by Crippen LogP contribution is -2.04. The second-order valence-electron chi connectivity index (χ2n) is 3.47. The van der Waals surface area contributed by atoms with Crippen molar-refractivity contribution in [3.05, 3.63) is 35.5 Å². The van der Waals surface area contributed by atoms with Gasteiger partial charge in [-0.1, -0.05) is 6.07 Å². The van der Waals surface area contributed by atoms with Crippen LogP contribution in [0.15, 0.2) is 24.3 Å². The van der Waals surface area contributed by atoms with Gasteiger partial charge in [0.05, 0.1) is 5.56 Å². The van der Waals surface area contributed by atoms with Gasteiger partial charge in [0, 0.05) is 18.0 Å². The zero-order valence-electron chi connectivity index (χ0n) is 8.47. The Morgan fingerprint density at radius 3 is 2.38 bits per heavy atom. The highest BCUT2D eigenvalue weighted by atomic mass is 16.4. The average Bonchev–Trinajstić information content (AvgIpc) is 2.56. The van der Waals surface area contributed by atoms with Gasteiger partial charge < -0.3 is 14.8 Å². The highest BCUT2D eigenvalue weighted by molar-refractivity contribution is 5.98. The number of hydrogen-bond donors (Lipinski definition) is 2. The van der Waals surface area contributed by atoms with Crippen LogP contribution in [0.3, 0.4) is 0 Å². The van der Waals surface area contributed by atoms with Crippen molar-refractivity contribution >= 4 is 22.8 Å². The molecule has 0 unspecified atom stereocenters. The number of aromatic carboxylic acids is 2. The molecule has 0 radical (unpaired) electrons. The Hall–Kier alpha value is -2.30. The molecule has 1 heterocycles. The first-order valence-electron chi connectivity index (χ1n) is 4.57. The largest absolute Gasteiger partial charge is 0.478 e. The van der Waals surface area contributed by atoms with Gasteiger partial charge >= 0.3 is 11.9 Å². The molecule has 1 aromatic carbocycles. The maximum absolute atomic E-state index is 10.9. The summed E-state index contributed by atoms with van der Waals surface area (Å²) in [4.78, 5) is 21.6. The van der Waals surface area contributed by atoms with Crippen molar-refractivity contribution in [1.29, 1.82) is 0 Å². The highest BCUT2D eigenvalue weighted by Gasteiger charge is 2.13. The number of hydrogen-bond acceptors (Lipinski definition) is 2. The van der Waals surface area contributed by atoms with Gasteiger partial charge in [-0.2, -0.15) is 0 Å². The Kier molecular flexibility index (Phi) is 2.16. The summed E-state index contributed by atoms with van der Waals surface area (Å²) in [7, 11) is 1.59. The third kappa shape index (κ3) is 1.42. The molecule has 82 valence electrons. The van der Waals surface area contributed by atoms with Gasteiger partial charge in [-0.05, 0) is 18.2 Å². The van der Waals surface area contributed by atoms with E-state index in [0.29, 0.717) is 10.9 Å². The van der Waals surface area contributed by atoms with E-state index in [1.165, 1.54) is 22.8 Å². The van der Waals surface area contributed by atoms with Crippen molar-refractivity contribution in [2.75, 3.05) is 0 Å². The maximum atomic E-state index is 10.9. The van der Waals surface area contributed by atoms with Crippen molar-refractivity contribution in [3.8, 4) is 0 Å². The zero-order chi connectivity index (χ0) is 11.9. The molecule has 2 rings (SSSR count). The van der Waals surface area contributed by atoms with Crippen LogP contribution in [0.2, 0.25) is 0 Å². The van der Waals surface area contributed by atoms with Crippen molar-refractivity contribution in [3.63, 3.8) is 0 Å². The Bertz CT molecular complexity index is 597. The van der Waals surface area contributed by atoms with Crippen LogP contribution in [0.25, 0.3) is 10.9 Å². The molecule has 0 bridgehead atoms. The number of rotatable bonds is 2. The summed E-state index contributed by atoms with van der Waals surface area (Å²) in [5, 5.41) is 18.4. The molecular weight excluding hydrogens is 210 g/mol. The van der Waals surface area contributed by atoms with E-state index in [2.05, 4.69) is 0 Å². The second kappa shape index (κ2) is 3.37. The molecule has 0 saturated heterocycles. The van der Waals surface area contributed by atoms with E-state index in [0.717, 1.165) is 0 Å². The summed E-state index contributed by atoms with van der Waals surface area (Å²) in [5.74, 6) is -2.06. The lowest BCUT2D eigenvalue weighted by Gasteiger charge is -2.00. The molecule has 0 saturated carbocycles. The molecule has 2 aromatic rings. The molecule has 5 nitrogen and oxygen atoms in total. The Labute approximate surface area is 90.5 Å². The van der Waals surface area contributed by atoms with Crippen LogP contribution >= 0.6 is 0 Å². The van der Waals surface area contributed by atoms with E-state index in [9.17, 15) is 9.59 Å². The topological polar surface area (TPSA) is 79.5 Å². The van der Waals surface area contributed by atoms with Crippen LogP contribution < -0.4 is 0 Å². The summed E-state index contributed by atoms with van der Waals surface area (Å²) in [6.07, 6.45) is 0. The number of fused-ring (bicyclic) bond motifs is 1. The fourth-order valence-electron chi connectivity index (χ4n) is 1.67. The van der Waals surface area contributed by atoms with E-state index in [1.54, 1.807) is 13.1 Å². The molecule has 0 spiro atoms. The van der Waals surface area contributed by atoms with Crippen LogP contribution in [0.1, 0.15) is 20.8 Å². The molecule has 5 heteroatoms. The summed E-state index contributed by atoms with van der Waals surface area (Å²) < 4.78 is 1.46. The van der Waals surface area contributed by atoms with Crippen LogP contribution in [-0.2, 0) is 7.05 Å². The molecule has 2 N–H and O–H groups in total. The van der Waals surface area contributed by atoms with E-state index in [1.807, 2.05) is 0 Å². The van der Waals surface area contributed by atoms with E-state index < -0.39 is 11.9 Å². The number of aryl methyl sites for hydroxylation is 1. The Balaban J connectivity index is 2.73. The lowest BCUT2D eigenvalue weighted by atomic mass is 10.1. The van der Waals surface area contributed by atoms with E-state index >= 15 is 0 Å². The number of aromatic nitrogens is 1. The molecule has 0 aliphatic rings. The van der Waals surface area contributed by atoms with Gasteiger partial charge in [0.15, 0.2) is 0 Å². The van der Waals surface area contributed by atoms with Gasteiger partial charge in [0.2, 0.25) is 0 Å². The van der Waals surface area contributed by atoms with E-state index in [-0.39, 0.29) is 11.3 Å². The monoisotopic (exact) mass is 219 g/mol. The van der Waals surface area contributed by atoms with Gasteiger partial charge in [-0.3, -0.25) is 0 Å². The van der Waals surface area contributed by atoms with Crippen LogP contribution in [-0.4, -0.2) is 26.7 Å².